The van der Waals surface area contributed by atoms with Crippen LogP contribution in [0.2, 0.25) is 5.02 Å². The maximum absolute atomic E-state index is 6.34. The molecule has 0 aliphatic heterocycles. The smallest absolute Gasteiger partial charge is 0.0679 e. The molecule has 1 heterocycles. The van der Waals surface area contributed by atoms with Crippen molar-refractivity contribution < 1.29 is 0 Å². The molecule has 2 aromatic rings. The van der Waals surface area contributed by atoms with Gasteiger partial charge in [0.1, 0.15) is 0 Å². The first-order valence-electron chi connectivity index (χ1n) is 5.72. The number of hydrogen-bond acceptors (Lipinski definition) is 1. The first-order chi connectivity index (χ1) is 7.72. The number of halogens is 1. The molecule has 86 valence electrons. The molecular weight excluding hydrogens is 220 g/mol. The average molecular weight is 237 g/mol. The van der Waals surface area contributed by atoms with Crippen molar-refractivity contribution in [1.29, 1.82) is 0 Å². The molecule has 1 atom stereocenters. The minimum atomic E-state index is 0.204. The van der Waals surface area contributed by atoms with Gasteiger partial charge in [0.05, 0.1) is 10.5 Å². The molecule has 1 aromatic heterocycles. The lowest BCUT2D eigenvalue weighted by Gasteiger charge is -2.11. The SMILES string of the molecule is CCCC(N)Cc1ccc2cc[nH]c2c1Cl. The number of aromatic nitrogens is 1. The van der Waals surface area contributed by atoms with Crippen molar-refractivity contribution in [2.75, 3.05) is 0 Å². The van der Waals surface area contributed by atoms with E-state index < -0.39 is 0 Å². The zero-order valence-corrected chi connectivity index (χ0v) is 10.2. The molecule has 3 heteroatoms. The normalized spacial score (nSPS) is 13.2. The van der Waals surface area contributed by atoms with Crippen LogP contribution in [0.1, 0.15) is 25.3 Å². The number of H-pyrrole nitrogens is 1. The van der Waals surface area contributed by atoms with Crippen molar-refractivity contribution in [1.82, 2.24) is 4.98 Å². The summed E-state index contributed by atoms with van der Waals surface area (Å²) in [4.78, 5) is 3.16. The monoisotopic (exact) mass is 236 g/mol. The summed E-state index contributed by atoms with van der Waals surface area (Å²) in [6.07, 6.45) is 4.91. The molecule has 2 rings (SSSR count). The zero-order valence-electron chi connectivity index (χ0n) is 9.46. The van der Waals surface area contributed by atoms with Crippen LogP contribution in [-0.4, -0.2) is 11.0 Å². The van der Waals surface area contributed by atoms with E-state index in [1.54, 1.807) is 0 Å². The first kappa shape index (κ1) is 11.5. The molecule has 16 heavy (non-hydrogen) atoms. The number of aromatic amines is 1. The van der Waals surface area contributed by atoms with Crippen LogP contribution in [-0.2, 0) is 6.42 Å². The van der Waals surface area contributed by atoms with Gasteiger partial charge in [0.25, 0.3) is 0 Å². The number of nitrogens with one attached hydrogen (secondary N) is 1. The third kappa shape index (κ3) is 2.23. The number of rotatable bonds is 4. The van der Waals surface area contributed by atoms with E-state index in [9.17, 15) is 0 Å². The van der Waals surface area contributed by atoms with Gasteiger partial charge < -0.3 is 10.7 Å². The Morgan fingerprint density at radius 3 is 2.94 bits per heavy atom. The van der Waals surface area contributed by atoms with Gasteiger partial charge in [-0.2, -0.15) is 0 Å². The Morgan fingerprint density at radius 1 is 1.38 bits per heavy atom. The van der Waals surface area contributed by atoms with E-state index in [-0.39, 0.29) is 6.04 Å². The Balaban J connectivity index is 2.27. The molecule has 0 aliphatic rings. The van der Waals surface area contributed by atoms with Crippen LogP contribution in [0, 0.1) is 0 Å². The summed E-state index contributed by atoms with van der Waals surface area (Å²) >= 11 is 6.34. The second-order valence-electron chi connectivity index (χ2n) is 4.23. The molecule has 0 saturated heterocycles. The molecule has 0 aliphatic carbocycles. The van der Waals surface area contributed by atoms with Gasteiger partial charge in [-0.15, -0.1) is 0 Å². The molecular formula is C13H17ClN2. The van der Waals surface area contributed by atoms with E-state index in [0.29, 0.717) is 0 Å². The molecule has 0 spiro atoms. The van der Waals surface area contributed by atoms with Gasteiger partial charge in [-0.1, -0.05) is 37.1 Å². The van der Waals surface area contributed by atoms with Crippen molar-refractivity contribution >= 4 is 22.5 Å². The Hall–Kier alpha value is -0.990. The van der Waals surface area contributed by atoms with Crippen molar-refractivity contribution in [2.45, 2.75) is 32.2 Å². The Labute approximate surface area is 101 Å². The third-order valence-electron chi connectivity index (χ3n) is 2.89. The molecule has 1 aromatic carbocycles. The number of fused-ring (bicyclic) bond motifs is 1. The van der Waals surface area contributed by atoms with Gasteiger partial charge in [0.2, 0.25) is 0 Å². The summed E-state index contributed by atoms with van der Waals surface area (Å²) in [5, 5.41) is 1.96. The fourth-order valence-electron chi connectivity index (χ4n) is 2.05. The van der Waals surface area contributed by atoms with Crippen LogP contribution in [0.15, 0.2) is 24.4 Å². The second kappa shape index (κ2) is 4.89. The van der Waals surface area contributed by atoms with Crippen LogP contribution >= 0.6 is 11.6 Å². The Morgan fingerprint density at radius 2 is 2.19 bits per heavy atom. The van der Waals surface area contributed by atoms with Gasteiger partial charge in [-0.3, -0.25) is 0 Å². The van der Waals surface area contributed by atoms with Gasteiger partial charge in [-0.05, 0) is 24.5 Å². The lowest BCUT2D eigenvalue weighted by Crippen LogP contribution is -2.22. The predicted molar refractivity (Wildman–Crippen MR) is 69.9 cm³/mol. The minimum absolute atomic E-state index is 0.204. The van der Waals surface area contributed by atoms with Gasteiger partial charge in [-0.25, -0.2) is 0 Å². The van der Waals surface area contributed by atoms with Crippen LogP contribution in [0.5, 0.6) is 0 Å². The summed E-state index contributed by atoms with van der Waals surface area (Å²) in [7, 11) is 0. The van der Waals surface area contributed by atoms with Crippen molar-refractivity contribution in [3.8, 4) is 0 Å². The predicted octanol–water partition coefficient (Wildman–Crippen LogP) is 3.49. The van der Waals surface area contributed by atoms with Crippen molar-refractivity contribution in [2.24, 2.45) is 5.73 Å². The van der Waals surface area contributed by atoms with E-state index in [0.717, 1.165) is 40.8 Å². The standard InChI is InChI=1S/C13H17ClN2/c1-2-3-11(15)8-10-5-4-9-6-7-16-13(9)12(10)14/h4-7,11,16H,2-3,8,15H2,1H3. The maximum Gasteiger partial charge on any atom is 0.0679 e. The highest BCUT2D eigenvalue weighted by Gasteiger charge is 2.09. The van der Waals surface area contributed by atoms with Crippen molar-refractivity contribution in [3.63, 3.8) is 0 Å². The van der Waals surface area contributed by atoms with E-state index in [2.05, 4.69) is 24.0 Å². The lowest BCUT2D eigenvalue weighted by molar-refractivity contribution is 0.601. The minimum Gasteiger partial charge on any atom is -0.360 e. The zero-order chi connectivity index (χ0) is 11.5. The first-order valence-corrected chi connectivity index (χ1v) is 6.10. The Bertz CT molecular complexity index is 476. The summed E-state index contributed by atoms with van der Waals surface area (Å²) in [5.41, 5.74) is 8.19. The fourth-order valence-corrected chi connectivity index (χ4v) is 2.35. The molecule has 0 fully saturated rings. The van der Waals surface area contributed by atoms with E-state index in [1.165, 1.54) is 0 Å². The van der Waals surface area contributed by atoms with Crippen LogP contribution in [0.25, 0.3) is 10.9 Å². The highest BCUT2D eigenvalue weighted by atomic mass is 35.5. The number of nitrogens with two attached hydrogens (primary N) is 1. The largest absolute Gasteiger partial charge is 0.360 e. The van der Waals surface area contributed by atoms with Gasteiger partial charge in [0, 0.05) is 17.6 Å². The van der Waals surface area contributed by atoms with E-state index in [1.807, 2.05) is 12.3 Å². The van der Waals surface area contributed by atoms with Crippen molar-refractivity contribution in [3.05, 3.63) is 35.0 Å². The van der Waals surface area contributed by atoms with Gasteiger partial charge >= 0.3 is 0 Å². The van der Waals surface area contributed by atoms with E-state index in [4.69, 9.17) is 17.3 Å². The quantitative estimate of drug-likeness (QED) is 0.839. The van der Waals surface area contributed by atoms with Crippen LogP contribution < -0.4 is 5.73 Å². The van der Waals surface area contributed by atoms with Crippen LogP contribution in [0.4, 0.5) is 0 Å². The molecule has 2 nitrogen and oxygen atoms in total. The summed E-state index contributed by atoms with van der Waals surface area (Å²) < 4.78 is 0. The average Bonchev–Trinajstić information content (AvgIpc) is 2.71. The highest BCUT2D eigenvalue weighted by Crippen LogP contribution is 2.27. The molecule has 1 unspecified atom stereocenters. The third-order valence-corrected chi connectivity index (χ3v) is 3.32. The molecule has 0 amide bonds. The fraction of sp³-hybridized carbons (Fsp3) is 0.385. The van der Waals surface area contributed by atoms with Gasteiger partial charge in [0.15, 0.2) is 0 Å². The van der Waals surface area contributed by atoms with E-state index >= 15 is 0 Å². The topological polar surface area (TPSA) is 41.8 Å². The molecule has 0 radical (unpaired) electrons. The molecule has 3 N–H and O–H groups in total. The van der Waals surface area contributed by atoms with Crippen LogP contribution in [0.3, 0.4) is 0 Å². The molecule has 0 saturated carbocycles. The summed E-state index contributed by atoms with van der Waals surface area (Å²) in [6.45, 7) is 2.15. The maximum atomic E-state index is 6.34. The highest BCUT2D eigenvalue weighted by molar-refractivity contribution is 6.35. The summed E-state index contributed by atoms with van der Waals surface area (Å²) in [5.74, 6) is 0. The number of benzene rings is 1. The summed E-state index contributed by atoms with van der Waals surface area (Å²) in [6, 6.07) is 6.39. The Kier molecular flexibility index (Phi) is 3.52. The molecule has 0 bridgehead atoms. The lowest BCUT2D eigenvalue weighted by atomic mass is 10.0. The number of hydrogen-bond donors (Lipinski definition) is 2. The second-order valence-corrected chi connectivity index (χ2v) is 4.61.